The van der Waals surface area contributed by atoms with Gasteiger partial charge in [-0.2, -0.15) is 5.10 Å². The molecule has 0 aliphatic heterocycles. The highest BCUT2D eigenvalue weighted by atomic mass is 79.9. The molecule has 0 radical (unpaired) electrons. The molecule has 0 fully saturated rings. The van der Waals surface area contributed by atoms with Crippen LogP contribution in [0.1, 0.15) is 5.56 Å². The Morgan fingerprint density at radius 2 is 1.95 bits per heavy atom. The maximum Gasteiger partial charge on any atom is 0.280 e. The van der Waals surface area contributed by atoms with Crippen molar-refractivity contribution in [2.24, 2.45) is 0 Å². The van der Waals surface area contributed by atoms with Crippen molar-refractivity contribution in [1.82, 2.24) is 10.2 Å². The van der Waals surface area contributed by atoms with Gasteiger partial charge in [-0.3, -0.25) is 4.79 Å². The second kappa shape index (κ2) is 5.76. The topological polar surface area (TPSA) is 91.9 Å². The van der Waals surface area contributed by atoms with Crippen LogP contribution in [0, 0.1) is 0 Å². The van der Waals surface area contributed by atoms with E-state index in [1.165, 1.54) is 12.5 Å². The Labute approximate surface area is 124 Å². The number of hydrogen-bond acceptors (Lipinski definition) is 5. The molecule has 8 heteroatoms. The maximum atomic E-state index is 11.3. The van der Waals surface area contributed by atoms with Gasteiger partial charge in [0.25, 0.3) is 5.56 Å². The van der Waals surface area contributed by atoms with E-state index in [2.05, 4.69) is 31.4 Å². The predicted octanol–water partition coefficient (Wildman–Crippen LogP) is 1.55. The molecule has 0 atom stereocenters. The minimum absolute atomic E-state index is 0.278. The van der Waals surface area contributed by atoms with Gasteiger partial charge in [0.15, 0.2) is 9.84 Å². The molecule has 6 nitrogen and oxygen atoms in total. The minimum Gasteiger partial charge on any atom is -0.379 e. The van der Waals surface area contributed by atoms with E-state index in [1.54, 1.807) is 24.3 Å². The van der Waals surface area contributed by atoms with Gasteiger partial charge < -0.3 is 5.32 Å². The molecule has 0 unspecified atom stereocenters. The van der Waals surface area contributed by atoms with Crippen molar-refractivity contribution < 1.29 is 8.42 Å². The Bertz CT molecular complexity index is 769. The molecule has 0 saturated heterocycles. The summed E-state index contributed by atoms with van der Waals surface area (Å²) in [6, 6.07) is 6.55. The fraction of sp³-hybridized carbons (Fsp3) is 0.167. The first-order valence-electron chi connectivity index (χ1n) is 5.64. The SMILES string of the molecule is CS(=O)(=O)c1ccc(CNc2cn[nH]c(=O)c2Br)cc1. The summed E-state index contributed by atoms with van der Waals surface area (Å²) in [5.74, 6) is 0. The molecule has 1 heterocycles. The zero-order chi connectivity index (χ0) is 14.8. The molecule has 2 rings (SSSR count). The number of nitrogens with zero attached hydrogens (tertiary/aromatic N) is 1. The Kier molecular flexibility index (Phi) is 4.24. The summed E-state index contributed by atoms with van der Waals surface area (Å²) in [5, 5.41) is 9.05. The highest BCUT2D eigenvalue weighted by molar-refractivity contribution is 9.10. The number of anilines is 1. The van der Waals surface area contributed by atoms with E-state index in [1.807, 2.05) is 0 Å². The molecular formula is C12H12BrN3O3S. The van der Waals surface area contributed by atoms with Crippen molar-refractivity contribution in [3.8, 4) is 0 Å². The third kappa shape index (κ3) is 3.45. The lowest BCUT2D eigenvalue weighted by atomic mass is 10.2. The van der Waals surface area contributed by atoms with E-state index < -0.39 is 9.84 Å². The van der Waals surface area contributed by atoms with E-state index in [0.29, 0.717) is 16.7 Å². The molecule has 0 aliphatic carbocycles. The summed E-state index contributed by atoms with van der Waals surface area (Å²) in [6.45, 7) is 0.452. The minimum atomic E-state index is -3.18. The van der Waals surface area contributed by atoms with Crippen LogP contribution in [0.5, 0.6) is 0 Å². The molecule has 0 amide bonds. The number of halogens is 1. The lowest BCUT2D eigenvalue weighted by Gasteiger charge is -2.07. The largest absolute Gasteiger partial charge is 0.379 e. The van der Waals surface area contributed by atoms with E-state index in [4.69, 9.17) is 0 Å². The van der Waals surface area contributed by atoms with Gasteiger partial charge in [-0.05, 0) is 33.6 Å². The molecule has 2 N–H and O–H groups in total. The van der Waals surface area contributed by atoms with Gasteiger partial charge in [0.1, 0.15) is 4.47 Å². The van der Waals surface area contributed by atoms with E-state index in [9.17, 15) is 13.2 Å². The Hall–Kier alpha value is -1.67. The standard InChI is InChI=1S/C12H12BrN3O3S/c1-20(18,19)9-4-2-8(3-5-9)6-14-10-7-15-16-12(17)11(10)13/h2-5,7H,6H2,1H3,(H2,14,16,17). The van der Waals surface area contributed by atoms with Gasteiger partial charge in [0.05, 0.1) is 16.8 Å². The lowest BCUT2D eigenvalue weighted by molar-refractivity contribution is 0.602. The van der Waals surface area contributed by atoms with Crippen molar-refractivity contribution in [3.63, 3.8) is 0 Å². The normalized spacial score (nSPS) is 11.3. The molecule has 0 spiro atoms. The average molecular weight is 358 g/mol. The van der Waals surface area contributed by atoms with Gasteiger partial charge in [-0.15, -0.1) is 0 Å². The van der Waals surface area contributed by atoms with Gasteiger partial charge in [0, 0.05) is 12.8 Å². The summed E-state index contributed by atoms with van der Waals surface area (Å²) >= 11 is 3.17. The van der Waals surface area contributed by atoms with Crippen LogP contribution in [0.25, 0.3) is 0 Å². The van der Waals surface area contributed by atoms with E-state index >= 15 is 0 Å². The first kappa shape index (κ1) is 14.7. The fourth-order valence-corrected chi connectivity index (χ4v) is 2.52. The highest BCUT2D eigenvalue weighted by Crippen LogP contribution is 2.17. The second-order valence-electron chi connectivity index (χ2n) is 4.20. The number of H-pyrrole nitrogens is 1. The zero-order valence-electron chi connectivity index (χ0n) is 10.6. The fourth-order valence-electron chi connectivity index (χ4n) is 1.56. The van der Waals surface area contributed by atoms with Gasteiger partial charge >= 0.3 is 0 Å². The number of sulfone groups is 1. The monoisotopic (exact) mass is 357 g/mol. The molecule has 106 valence electrons. The second-order valence-corrected chi connectivity index (χ2v) is 7.01. The van der Waals surface area contributed by atoms with Crippen LogP contribution < -0.4 is 10.9 Å². The number of benzene rings is 1. The maximum absolute atomic E-state index is 11.3. The molecular weight excluding hydrogens is 346 g/mol. The van der Waals surface area contributed by atoms with E-state index in [0.717, 1.165) is 5.56 Å². The quantitative estimate of drug-likeness (QED) is 0.865. The van der Waals surface area contributed by atoms with Crippen molar-refractivity contribution in [2.45, 2.75) is 11.4 Å². The summed E-state index contributed by atoms with van der Waals surface area (Å²) < 4.78 is 23.0. The molecule has 1 aromatic carbocycles. The Balaban J connectivity index is 2.12. The molecule has 20 heavy (non-hydrogen) atoms. The number of aromatic nitrogens is 2. The van der Waals surface area contributed by atoms with Crippen LogP contribution in [0.2, 0.25) is 0 Å². The van der Waals surface area contributed by atoms with Crippen molar-refractivity contribution in [3.05, 3.63) is 50.9 Å². The highest BCUT2D eigenvalue weighted by Gasteiger charge is 2.07. The summed E-state index contributed by atoms with van der Waals surface area (Å²) in [4.78, 5) is 11.6. The Morgan fingerprint density at radius 3 is 2.55 bits per heavy atom. The number of hydrogen-bond donors (Lipinski definition) is 2. The van der Waals surface area contributed by atoms with Gasteiger partial charge in [-0.1, -0.05) is 12.1 Å². The van der Waals surface area contributed by atoms with Crippen LogP contribution in [-0.4, -0.2) is 24.9 Å². The van der Waals surface area contributed by atoms with Gasteiger partial charge in [0.2, 0.25) is 0 Å². The molecule has 1 aromatic heterocycles. The van der Waals surface area contributed by atoms with Crippen LogP contribution in [0.15, 0.2) is 44.6 Å². The third-order valence-electron chi connectivity index (χ3n) is 2.63. The summed E-state index contributed by atoms with van der Waals surface area (Å²) in [6.07, 6.45) is 2.66. The molecule has 2 aromatic rings. The smallest absolute Gasteiger partial charge is 0.280 e. The van der Waals surface area contributed by atoms with Crippen LogP contribution in [0.3, 0.4) is 0 Å². The van der Waals surface area contributed by atoms with Crippen LogP contribution in [0.4, 0.5) is 5.69 Å². The van der Waals surface area contributed by atoms with Gasteiger partial charge in [-0.25, -0.2) is 13.5 Å². The lowest BCUT2D eigenvalue weighted by Crippen LogP contribution is -2.12. The molecule has 0 bridgehead atoms. The van der Waals surface area contributed by atoms with E-state index in [-0.39, 0.29) is 10.5 Å². The summed E-state index contributed by atoms with van der Waals surface area (Å²) in [7, 11) is -3.18. The first-order chi connectivity index (χ1) is 9.38. The molecule has 0 saturated carbocycles. The summed E-state index contributed by atoms with van der Waals surface area (Å²) in [5.41, 5.74) is 1.15. The number of aromatic amines is 1. The first-order valence-corrected chi connectivity index (χ1v) is 8.32. The Morgan fingerprint density at radius 1 is 1.30 bits per heavy atom. The average Bonchev–Trinajstić information content (AvgIpc) is 2.40. The third-order valence-corrected chi connectivity index (χ3v) is 4.55. The van der Waals surface area contributed by atoms with Crippen molar-refractivity contribution >= 4 is 31.5 Å². The number of nitrogens with one attached hydrogen (secondary N) is 2. The van der Waals surface area contributed by atoms with Crippen LogP contribution >= 0.6 is 15.9 Å². The van der Waals surface area contributed by atoms with Crippen LogP contribution in [-0.2, 0) is 16.4 Å². The molecule has 0 aliphatic rings. The van der Waals surface area contributed by atoms with Crippen molar-refractivity contribution in [1.29, 1.82) is 0 Å². The number of rotatable bonds is 4. The van der Waals surface area contributed by atoms with Crippen molar-refractivity contribution in [2.75, 3.05) is 11.6 Å². The zero-order valence-corrected chi connectivity index (χ0v) is 13.0. The predicted molar refractivity (Wildman–Crippen MR) is 79.4 cm³/mol.